The Balaban J connectivity index is 4.82. The summed E-state index contributed by atoms with van der Waals surface area (Å²) in [5.74, 6) is 0.460. The molecular weight excluding hydrogens is 206 g/mol. The van der Waals surface area contributed by atoms with Gasteiger partial charge in [0.15, 0.2) is 0 Å². The topological polar surface area (TPSA) is 12.0 Å². The molecule has 100 valence electrons. The third kappa shape index (κ3) is 9.02. The maximum atomic E-state index is 3.61. The van der Waals surface area contributed by atoms with Gasteiger partial charge in [-0.05, 0) is 17.8 Å². The Kier molecular flexibility index (Phi) is 6.01. The van der Waals surface area contributed by atoms with Crippen LogP contribution in [0.3, 0.4) is 0 Å². The van der Waals surface area contributed by atoms with Crippen molar-refractivity contribution in [2.75, 3.05) is 6.54 Å². The van der Waals surface area contributed by atoms with E-state index in [2.05, 4.69) is 78.9 Å². The molecule has 0 saturated carbocycles. The molecule has 0 rings (SSSR count). The minimum atomic E-state index is 0.218. The van der Waals surface area contributed by atoms with Crippen molar-refractivity contribution < 1.29 is 0 Å². The van der Waals surface area contributed by atoms with Crippen LogP contribution in [0.1, 0.15) is 55.4 Å². The summed E-state index contributed by atoms with van der Waals surface area (Å²) in [5.41, 5.74) is 1.87. The fourth-order valence-electron chi connectivity index (χ4n) is 1.57. The number of hydrogen-bond donors (Lipinski definition) is 1. The standard InChI is InChI=1S/C16H31N/c1-9-10-13(2)14(11-15(3,4)5)17-12-16(6,7)8/h9-11,13,17H,12H2,1-8H3/b10-9-,14-11+. The molecule has 0 amide bonds. The Morgan fingerprint density at radius 3 is 2.00 bits per heavy atom. The number of hydrogen-bond acceptors (Lipinski definition) is 1. The zero-order chi connectivity index (χ0) is 13.7. The molecule has 1 heteroatoms. The highest BCUT2D eigenvalue weighted by Crippen LogP contribution is 2.22. The van der Waals surface area contributed by atoms with Crippen molar-refractivity contribution in [2.24, 2.45) is 16.7 Å². The predicted octanol–water partition coefficient (Wildman–Crippen LogP) is 4.76. The van der Waals surface area contributed by atoms with Crippen molar-refractivity contribution >= 4 is 0 Å². The van der Waals surface area contributed by atoms with Gasteiger partial charge in [0, 0.05) is 18.2 Å². The summed E-state index contributed by atoms with van der Waals surface area (Å²) in [6, 6.07) is 0. The minimum absolute atomic E-state index is 0.218. The molecule has 0 spiro atoms. The number of allylic oxidation sites excluding steroid dienone is 3. The first kappa shape index (κ1) is 16.3. The van der Waals surface area contributed by atoms with E-state index in [-0.39, 0.29) is 5.41 Å². The van der Waals surface area contributed by atoms with Crippen LogP contribution in [0.5, 0.6) is 0 Å². The first-order valence-corrected chi connectivity index (χ1v) is 6.64. The molecule has 0 aliphatic heterocycles. The van der Waals surface area contributed by atoms with Crippen LogP contribution in [0.2, 0.25) is 0 Å². The van der Waals surface area contributed by atoms with Crippen LogP contribution < -0.4 is 5.32 Å². The third-order valence-electron chi connectivity index (χ3n) is 2.38. The predicted molar refractivity (Wildman–Crippen MR) is 79.0 cm³/mol. The summed E-state index contributed by atoms with van der Waals surface area (Å²) in [6.07, 6.45) is 6.72. The molecule has 0 aromatic carbocycles. The fourth-order valence-corrected chi connectivity index (χ4v) is 1.57. The SMILES string of the molecule is C/C=C\C(C)/C(=C\C(C)(C)C)NCC(C)(C)C. The van der Waals surface area contributed by atoms with Crippen LogP contribution in [-0.2, 0) is 0 Å². The van der Waals surface area contributed by atoms with Crippen LogP contribution in [-0.4, -0.2) is 6.54 Å². The van der Waals surface area contributed by atoms with E-state index in [1.807, 2.05) is 0 Å². The first-order chi connectivity index (χ1) is 7.55. The van der Waals surface area contributed by atoms with Gasteiger partial charge in [-0.3, -0.25) is 0 Å². The van der Waals surface area contributed by atoms with Crippen molar-refractivity contribution in [2.45, 2.75) is 55.4 Å². The lowest BCUT2D eigenvalue weighted by atomic mass is 9.91. The number of rotatable bonds is 4. The van der Waals surface area contributed by atoms with Crippen LogP contribution >= 0.6 is 0 Å². The monoisotopic (exact) mass is 237 g/mol. The second-order valence-electron chi connectivity index (χ2n) is 7.19. The van der Waals surface area contributed by atoms with Crippen LogP contribution in [0.25, 0.3) is 0 Å². The van der Waals surface area contributed by atoms with Crippen molar-refractivity contribution in [1.29, 1.82) is 0 Å². The molecule has 1 N–H and O–H groups in total. The average Bonchev–Trinajstić information content (AvgIpc) is 2.09. The average molecular weight is 237 g/mol. The molecule has 0 aromatic rings. The maximum absolute atomic E-state index is 3.61. The molecule has 0 heterocycles. The van der Waals surface area contributed by atoms with Crippen molar-refractivity contribution in [3.05, 3.63) is 23.9 Å². The van der Waals surface area contributed by atoms with E-state index < -0.39 is 0 Å². The summed E-state index contributed by atoms with van der Waals surface area (Å²) in [4.78, 5) is 0. The Bertz CT molecular complexity index is 271. The summed E-state index contributed by atoms with van der Waals surface area (Å²) in [6.45, 7) is 18.8. The van der Waals surface area contributed by atoms with Gasteiger partial charge >= 0.3 is 0 Å². The van der Waals surface area contributed by atoms with Gasteiger partial charge in [-0.25, -0.2) is 0 Å². The highest BCUT2D eigenvalue weighted by Gasteiger charge is 2.15. The zero-order valence-electron chi connectivity index (χ0n) is 13.0. The molecule has 0 bridgehead atoms. The Morgan fingerprint density at radius 2 is 1.65 bits per heavy atom. The van der Waals surface area contributed by atoms with Gasteiger partial charge in [0.05, 0.1) is 0 Å². The second kappa shape index (κ2) is 6.28. The molecule has 1 unspecified atom stereocenters. The molecule has 1 atom stereocenters. The van der Waals surface area contributed by atoms with Gasteiger partial charge in [0.25, 0.3) is 0 Å². The first-order valence-electron chi connectivity index (χ1n) is 6.64. The van der Waals surface area contributed by atoms with Crippen molar-refractivity contribution in [3.63, 3.8) is 0 Å². The zero-order valence-corrected chi connectivity index (χ0v) is 13.0. The van der Waals surface area contributed by atoms with E-state index in [0.29, 0.717) is 11.3 Å². The minimum Gasteiger partial charge on any atom is -0.388 e. The van der Waals surface area contributed by atoms with E-state index in [0.717, 1.165) is 6.54 Å². The Morgan fingerprint density at radius 1 is 1.12 bits per heavy atom. The Labute approximate surface area is 108 Å². The van der Waals surface area contributed by atoms with E-state index in [9.17, 15) is 0 Å². The van der Waals surface area contributed by atoms with E-state index in [1.54, 1.807) is 0 Å². The lowest BCUT2D eigenvalue weighted by Gasteiger charge is -2.26. The van der Waals surface area contributed by atoms with Gasteiger partial charge < -0.3 is 5.32 Å². The van der Waals surface area contributed by atoms with Crippen LogP contribution in [0.15, 0.2) is 23.9 Å². The molecule has 0 saturated heterocycles. The van der Waals surface area contributed by atoms with E-state index >= 15 is 0 Å². The number of nitrogens with one attached hydrogen (secondary N) is 1. The Hall–Kier alpha value is -0.720. The van der Waals surface area contributed by atoms with Gasteiger partial charge in [-0.15, -0.1) is 0 Å². The molecule has 0 aliphatic carbocycles. The smallest absolute Gasteiger partial charge is 0.0192 e. The third-order valence-corrected chi connectivity index (χ3v) is 2.38. The quantitative estimate of drug-likeness (QED) is 0.695. The van der Waals surface area contributed by atoms with Crippen LogP contribution in [0.4, 0.5) is 0 Å². The largest absolute Gasteiger partial charge is 0.388 e. The van der Waals surface area contributed by atoms with Gasteiger partial charge in [-0.2, -0.15) is 0 Å². The molecular formula is C16H31N. The van der Waals surface area contributed by atoms with Crippen molar-refractivity contribution in [3.8, 4) is 0 Å². The molecule has 1 nitrogen and oxygen atoms in total. The lowest BCUT2D eigenvalue weighted by Crippen LogP contribution is -2.29. The summed E-state index contributed by atoms with van der Waals surface area (Å²) >= 11 is 0. The van der Waals surface area contributed by atoms with Gasteiger partial charge in [-0.1, -0.05) is 66.7 Å². The molecule has 17 heavy (non-hydrogen) atoms. The summed E-state index contributed by atoms with van der Waals surface area (Å²) in [7, 11) is 0. The second-order valence-corrected chi connectivity index (χ2v) is 7.19. The van der Waals surface area contributed by atoms with Crippen LogP contribution in [0, 0.1) is 16.7 Å². The maximum Gasteiger partial charge on any atom is 0.0192 e. The lowest BCUT2D eigenvalue weighted by molar-refractivity contribution is 0.387. The van der Waals surface area contributed by atoms with E-state index in [4.69, 9.17) is 0 Å². The van der Waals surface area contributed by atoms with Crippen molar-refractivity contribution in [1.82, 2.24) is 5.32 Å². The van der Waals surface area contributed by atoms with Gasteiger partial charge in [0.1, 0.15) is 0 Å². The highest BCUT2D eigenvalue weighted by atomic mass is 14.9. The summed E-state index contributed by atoms with van der Waals surface area (Å²) < 4.78 is 0. The normalized spacial score (nSPS) is 16.4. The molecule has 0 radical (unpaired) electrons. The molecule has 0 aliphatic rings. The highest BCUT2D eigenvalue weighted by molar-refractivity contribution is 5.13. The van der Waals surface area contributed by atoms with Gasteiger partial charge in [0.2, 0.25) is 0 Å². The molecule has 0 fully saturated rings. The summed E-state index contributed by atoms with van der Waals surface area (Å²) in [5, 5.41) is 3.61. The fraction of sp³-hybridized carbons (Fsp3) is 0.750. The van der Waals surface area contributed by atoms with E-state index in [1.165, 1.54) is 5.70 Å². The molecule has 0 aromatic heterocycles.